The van der Waals surface area contributed by atoms with Crippen molar-refractivity contribution in [2.45, 2.75) is 33.6 Å². The lowest BCUT2D eigenvalue weighted by atomic mass is 10.1. The second-order valence-electron chi connectivity index (χ2n) is 4.23. The van der Waals surface area contributed by atoms with Crippen LogP contribution in [0.2, 0.25) is 0 Å². The number of carbonyl (C=O) groups excluding carboxylic acids is 1. The first-order valence-corrected chi connectivity index (χ1v) is 6.89. The third-order valence-corrected chi connectivity index (χ3v) is 3.78. The van der Waals surface area contributed by atoms with Crippen molar-refractivity contribution in [3.63, 3.8) is 0 Å². The van der Waals surface area contributed by atoms with E-state index in [1.807, 2.05) is 26.0 Å². The molecular formula is C14H19BrO3. The number of ether oxygens (including phenoxy) is 2. The average Bonchev–Trinajstić information content (AvgIpc) is 2.33. The second-order valence-corrected chi connectivity index (χ2v) is 5.03. The lowest BCUT2D eigenvalue weighted by Gasteiger charge is -2.10. The molecule has 1 aromatic rings. The summed E-state index contributed by atoms with van der Waals surface area (Å²) in [6.07, 6.45) is 1.90. The molecule has 100 valence electrons. The molecule has 0 aromatic heterocycles. The van der Waals surface area contributed by atoms with Crippen LogP contribution in [0.5, 0.6) is 5.75 Å². The van der Waals surface area contributed by atoms with E-state index in [-0.39, 0.29) is 12.6 Å². The quantitative estimate of drug-likeness (QED) is 0.592. The van der Waals surface area contributed by atoms with Gasteiger partial charge in [0.25, 0.3) is 0 Å². The molecule has 0 atom stereocenters. The number of benzene rings is 1. The van der Waals surface area contributed by atoms with Crippen molar-refractivity contribution in [3.05, 3.63) is 27.7 Å². The molecule has 0 aliphatic rings. The van der Waals surface area contributed by atoms with Crippen molar-refractivity contribution in [2.24, 2.45) is 0 Å². The normalized spacial score (nSPS) is 10.2. The minimum Gasteiger partial charge on any atom is -0.482 e. The monoisotopic (exact) mass is 314 g/mol. The van der Waals surface area contributed by atoms with E-state index < -0.39 is 0 Å². The Labute approximate surface area is 117 Å². The van der Waals surface area contributed by atoms with Gasteiger partial charge in [-0.15, -0.1) is 0 Å². The molecule has 0 amide bonds. The van der Waals surface area contributed by atoms with E-state index in [9.17, 15) is 4.79 Å². The third-order valence-electron chi connectivity index (χ3n) is 2.53. The van der Waals surface area contributed by atoms with Gasteiger partial charge in [0.1, 0.15) is 5.75 Å². The van der Waals surface area contributed by atoms with Crippen LogP contribution < -0.4 is 4.74 Å². The van der Waals surface area contributed by atoms with Gasteiger partial charge in [0.05, 0.1) is 6.61 Å². The van der Waals surface area contributed by atoms with Gasteiger partial charge in [-0.2, -0.15) is 0 Å². The number of hydrogen-bond acceptors (Lipinski definition) is 3. The maximum absolute atomic E-state index is 11.4. The Morgan fingerprint density at radius 2 is 1.89 bits per heavy atom. The molecule has 1 aromatic carbocycles. The van der Waals surface area contributed by atoms with Gasteiger partial charge in [0, 0.05) is 4.47 Å². The van der Waals surface area contributed by atoms with Gasteiger partial charge < -0.3 is 9.47 Å². The van der Waals surface area contributed by atoms with Crippen LogP contribution in [0, 0.1) is 13.8 Å². The SMILES string of the molecule is CCCCOC(=O)COc1cc(C)c(Br)c(C)c1. The molecule has 0 heterocycles. The summed E-state index contributed by atoms with van der Waals surface area (Å²) in [5.74, 6) is 0.377. The first-order chi connectivity index (χ1) is 8.54. The summed E-state index contributed by atoms with van der Waals surface area (Å²) in [5, 5.41) is 0. The Hall–Kier alpha value is -1.03. The van der Waals surface area contributed by atoms with Crippen molar-refractivity contribution < 1.29 is 14.3 Å². The van der Waals surface area contributed by atoms with E-state index in [0.29, 0.717) is 12.4 Å². The van der Waals surface area contributed by atoms with Crippen LogP contribution in [-0.2, 0) is 9.53 Å². The van der Waals surface area contributed by atoms with E-state index in [4.69, 9.17) is 9.47 Å². The highest BCUT2D eigenvalue weighted by Gasteiger charge is 2.06. The standard InChI is InChI=1S/C14H19BrO3/c1-4-5-6-17-13(16)9-18-12-7-10(2)14(15)11(3)8-12/h7-8H,4-6,9H2,1-3H3. The number of aryl methyl sites for hydroxylation is 2. The molecule has 0 fully saturated rings. The number of esters is 1. The topological polar surface area (TPSA) is 35.5 Å². The molecule has 0 spiro atoms. The zero-order valence-corrected chi connectivity index (χ0v) is 12.7. The van der Waals surface area contributed by atoms with E-state index in [1.54, 1.807) is 0 Å². The Morgan fingerprint density at radius 3 is 2.44 bits per heavy atom. The van der Waals surface area contributed by atoms with Crippen molar-refractivity contribution in [1.82, 2.24) is 0 Å². The lowest BCUT2D eigenvalue weighted by molar-refractivity contribution is -0.146. The fourth-order valence-electron chi connectivity index (χ4n) is 1.50. The van der Waals surface area contributed by atoms with Gasteiger partial charge in [-0.1, -0.05) is 29.3 Å². The summed E-state index contributed by atoms with van der Waals surface area (Å²) in [4.78, 5) is 11.4. The van der Waals surface area contributed by atoms with Crippen molar-refractivity contribution in [2.75, 3.05) is 13.2 Å². The molecule has 0 N–H and O–H groups in total. The van der Waals surface area contributed by atoms with Gasteiger partial charge in [0.2, 0.25) is 0 Å². The van der Waals surface area contributed by atoms with Crippen molar-refractivity contribution in [3.8, 4) is 5.75 Å². The molecular weight excluding hydrogens is 296 g/mol. The number of carbonyl (C=O) groups is 1. The van der Waals surface area contributed by atoms with E-state index in [1.165, 1.54) is 0 Å². The van der Waals surface area contributed by atoms with Crippen LogP contribution in [0.1, 0.15) is 30.9 Å². The van der Waals surface area contributed by atoms with Crippen LogP contribution in [0.3, 0.4) is 0 Å². The third kappa shape index (κ3) is 4.69. The highest BCUT2D eigenvalue weighted by atomic mass is 79.9. The van der Waals surface area contributed by atoms with Gasteiger partial charge in [-0.05, 0) is 43.5 Å². The Morgan fingerprint density at radius 1 is 1.28 bits per heavy atom. The molecule has 0 saturated heterocycles. The molecule has 0 bridgehead atoms. The average molecular weight is 315 g/mol. The molecule has 0 unspecified atom stereocenters. The first-order valence-electron chi connectivity index (χ1n) is 6.09. The van der Waals surface area contributed by atoms with Crippen LogP contribution >= 0.6 is 15.9 Å². The molecule has 0 radical (unpaired) electrons. The molecule has 4 heteroatoms. The largest absolute Gasteiger partial charge is 0.482 e. The summed E-state index contributed by atoms with van der Waals surface area (Å²) in [7, 11) is 0. The predicted octanol–water partition coefficient (Wildman–Crippen LogP) is 3.79. The lowest BCUT2D eigenvalue weighted by Crippen LogP contribution is -2.15. The number of unbranched alkanes of at least 4 members (excludes halogenated alkanes) is 1. The molecule has 18 heavy (non-hydrogen) atoms. The van der Waals surface area contributed by atoms with Gasteiger partial charge in [0.15, 0.2) is 6.61 Å². The van der Waals surface area contributed by atoms with Crippen LogP contribution in [0.25, 0.3) is 0 Å². The Balaban J connectivity index is 2.46. The predicted molar refractivity (Wildman–Crippen MR) is 75.0 cm³/mol. The molecule has 0 aliphatic heterocycles. The Kier molecular flexibility index (Phi) is 6.19. The van der Waals surface area contributed by atoms with E-state index in [2.05, 4.69) is 22.9 Å². The fraction of sp³-hybridized carbons (Fsp3) is 0.500. The van der Waals surface area contributed by atoms with Gasteiger partial charge in [-0.25, -0.2) is 4.79 Å². The van der Waals surface area contributed by atoms with Crippen molar-refractivity contribution >= 4 is 21.9 Å². The summed E-state index contributed by atoms with van der Waals surface area (Å²) < 4.78 is 11.5. The smallest absolute Gasteiger partial charge is 0.344 e. The second kappa shape index (κ2) is 7.41. The van der Waals surface area contributed by atoms with Crippen LogP contribution in [-0.4, -0.2) is 19.2 Å². The Bertz CT molecular complexity index is 392. The summed E-state index contributed by atoms with van der Waals surface area (Å²) >= 11 is 3.49. The zero-order valence-electron chi connectivity index (χ0n) is 11.1. The fourth-order valence-corrected chi connectivity index (χ4v) is 1.73. The number of rotatable bonds is 6. The van der Waals surface area contributed by atoms with E-state index >= 15 is 0 Å². The van der Waals surface area contributed by atoms with Crippen LogP contribution in [0.15, 0.2) is 16.6 Å². The number of halogens is 1. The molecule has 1 rings (SSSR count). The zero-order chi connectivity index (χ0) is 13.5. The van der Waals surface area contributed by atoms with Gasteiger partial charge >= 0.3 is 5.97 Å². The highest BCUT2D eigenvalue weighted by molar-refractivity contribution is 9.10. The van der Waals surface area contributed by atoms with Gasteiger partial charge in [-0.3, -0.25) is 0 Å². The van der Waals surface area contributed by atoms with Crippen LogP contribution in [0.4, 0.5) is 0 Å². The maximum atomic E-state index is 11.4. The molecule has 3 nitrogen and oxygen atoms in total. The minimum absolute atomic E-state index is 0.0375. The summed E-state index contributed by atoms with van der Waals surface area (Å²) in [6, 6.07) is 3.80. The highest BCUT2D eigenvalue weighted by Crippen LogP contribution is 2.26. The molecule has 0 saturated carbocycles. The first kappa shape index (κ1) is 15.0. The van der Waals surface area contributed by atoms with Crippen molar-refractivity contribution in [1.29, 1.82) is 0 Å². The number of hydrogen-bond donors (Lipinski definition) is 0. The van der Waals surface area contributed by atoms with E-state index in [0.717, 1.165) is 28.4 Å². The summed E-state index contributed by atoms with van der Waals surface area (Å²) in [5.41, 5.74) is 2.17. The maximum Gasteiger partial charge on any atom is 0.344 e. The molecule has 0 aliphatic carbocycles. The summed E-state index contributed by atoms with van der Waals surface area (Å²) in [6.45, 7) is 6.46. The minimum atomic E-state index is -0.318.